The zero-order valence-corrected chi connectivity index (χ0v) is 46.9. The van der Waals surface area contributed by atoms with Gasteiger partial charge in [0.25, 0.3) is 11.8 Å². The second-order valence-electron chi connectivity index (χ2n) is 22.5. The fraction of sp³-hybridized carbons (Fsp3) is 0.667. The van der Waals surface area contributed by atoms with Gasteiger partial charge in [-0.25, -0.2) is 0 Å². The normalized spacial score (nSPS) is 21.4. The number of carbonyl (C=O) groups is 4. The van der Waals surface area contributed by atoms with E-state index in [9.17, 15) is 19.2 Å². The molecular formula is C60H93N7O6. The van der Waals surface area contributed by atoms with Crippen LogP contribution in [0.2, 0.25) is 0 Å². The van der Waals surface area contributed by atoms with Crippen LogP contribution >= 0.6 is 0 Å². The Kier molecular flexibility index (Phi) is 21.0. The van der Waals surface area contributed by atoms with Crippen molar-refractivity contribution >= 4 is 34.9 Å². The fourth-order valence-corrected chi connectivity index (χ4v) is 12.8. The Morgan fingerprint density at radius 1 is 0.753 bits per heavy atom. The van der Waals surface area contributed by atoms with E-state index < -0.39 is 5.54 Å². The highest BCUT2D eigenvalue weighted by Crippen LogP contribution is 2.60. The largest absolute Gasteiger partial charge is 0.496 e. The molecule has 0 atom stereocenters. The van der Waals surface area contributed by atoms with Gasteiger partial charge in [0.2, 0.25) is 5.91 Å². The quantitative estimate of drug-likeness (QED) is 0.0600. The molecule has 3 amide bonds. The Morgan fingerprint density at radius 3 is 1.86 bits per heavy atom. The van der Waals surface area contributed by atoms with Crippen LogP contribution in [0.25, 0.3) is 5.70 Å². The summed E-state index contributed by atoms with van der Waals surface area (Å²) in [5.74, 6) is 2.86. The highest BCUT2D eigenvalue weighted by Gasteiger charge is 2.62. The minimum Gasteiger partial charge on any atom is -0.496 e. The summed E-state index contributed by atoms with van der Waals surface area (Å²) in [7, 11) is 11.1. The van der Waals surface area contributed by atoms with Crippen LogP contribution in [0.3, 0.4) is 0 Å². The second kappa shape index (κ2) is 26.7. The molecule has 0 unspecified atom stereocenters. The summed E-state index contributed by atoms with van der Waals surface area (Å²) in [6, 6.07) is 11.5. The average Bonchev–Trinajstić information content (AvgIpc) is 3.35. The molecule has 5 aliphatic rings. The number of ether oxygens (including phenoxy) is 2. The number of ketones is 1. The third kappa shape index (κ3) is 13.8. The van der Waals surface area contributed by atoms with E-state index in [-0.39, 0.29) is 52.7 Å². The molecule has 7 rings (SSSR count). The summed E-state index contributed by atoms with van der Waals surface area (Å²) in [4.78, 5) is 69.4. The lowest BCUT2D eigenvalue weighted by atomic mass is 9.46. The molecule has 1 N–H and O–H groups in total. The van der Waals surface area contributed by atoms with E-state index in [1.165, 1.54) is 6.42 Å². The van der Waals surface area contributed by atoms with Gasteiger partial charge in [0, 0.05) is 70.1 Å². The van der Waals surface area contributed by atoms with Crippen LogP contribution in [0.4, 0.5) is 5.69 Å². The van der Waals surface area contributed by atoms with E-state index in [0.717, 1.165) is 128 Å². The third-order valence-corrected chi connectivity index (χ3v) is 17.0. The van der Waals surface area contributed by atoms with E-state index in [4.69, 9.17) is 9.47 Å². The number of hydrogen-bond acceptors (Lipinski definition) is 10. The molecule has 2 aromatic carbocycles. The van der Waals surface area contributed by atoms with E-state index in [1.807, 2.05) is 67.3 Å². The number of nitrogens with one attached hydrogen (secondary N) is 1. The van der Waals surface area contributed by atoms with Crippen molar-refractivity contribution in [2.45, 2.75) is 123 Å². The third-order valence-electron chi connectivity index (χ3n) is 17.0. The van der Waals surface area contributed by atoms with E-state index in [2.05, 4.69) is 68.3 Å². The zero-order valence-electron chi connectivity index (χ0n) is 46.9. The molecule has 13 nitrogen and oxygen atoms in total. The molecule has 5 fully saturated rings. The maximum absolute atomic E-state index is 14.7. The van der Waals surface area contributed by atoms with Gasteiger partial charge < -0.3 is 39.3 Å². The van der Waals surface area contributed by atoms with Crippen molar-refractivity contribution in [1.82, 2.24) is 29.8 Å². The standard InChI is InChI=1S/C60H93N7O6/c1-13-26-66(15-3)32-33-67(27-14-2)41-55(68)63(8)30-18-28-62(7)29-19-31-64(9)59(71)47-24-25-51(50(40-47)42(4)5)65(10)52(56-53(72-11)22-17-23-54(56)73-12)34-43(6)58(70)61-60(57(69)46-20-16-21-46)48-36-44-35-45(38-48)39-49(60)37-44/h17,22-25,34,40,42,44-46,48-49H,6,13-16,18-21,26-33,35-39,41H2,1-5,7-12H3,(H,61,70)/b52-34-. The van der Waals surface area contributed by atoms with Crippen LogP contribution in [0.5, 0.6) is 11.5 Å². The number of hydrogen-bond donors (Lipinski definition) is 1. The highest BCUT2D eigenvalue weighted by atomic mass is 16.5. The van der Waals surface area contributed by atoms with Gasteiger partial charge in [0.05, 0.1) is 32.0 Å². The van der Waals surface area contributed by atoms with Crippen molar-refractivity contribution in [2.75, 3.05) is 113 Å². The summed E-state index contributed by atoms with van der Waals surface area (Å²) in [5, 5.41) is 3.46. The predicted octanol–water partition coefficient (Wildman–Crippen LogP) is 9.23. The van der Waals surface area contributed by atoms with Gasteiger partial charge in [0.1, 0.15) is 17.0 Å². The Morgan fingerprint density at radius 2 is 1.33 bits per heavy atom. The number of benzene rings is 2. The molecule has 0 radical (unpaired) electrons. The van der Waals surface area contributed by atoms with Crippen LogP contribution in [0.1, 0.15) is 139 Å². The molecular weight excluding hydrogens is 915 g/mol. The van der Waals surface area contributed by atoms with Gasteiger partial charge in [-0.05, 0) is 182 Å². The number of Topliss-reactive ketones (excluding diaryl/α,β-unsaturated/α-hetero) is 1. The first-order valence-electron chi connectivity index (χ1n) is 28.0. The number of carbonyl (C=O) groups excluding carboxylic acids is 4. The Bertz CT molecular complexity index is 2190. The zero-order chi connectivity index (χ0) is 53.0. The van der Waals surface area contributed by atoms with Gasteiger partial charge >= 0.3 is 0 Å². The first-order chi connectivity index (χ1) is 35.0. The van der Waals surface area contributed by atoms with Crippen molar-refractivity contribution in [1.29, 1.82) is 0 Å². The molecule has 4 bridgehead atoms. The lowest BCUT2D eigenvalue weighted by Crippen LogP contribution is -2.71. The molecule has 5 saturated carbocycles. The van der Waals surface area contributed by atoms with Crippen LogP contribution < -0.4 is 19.7 Å². The molecule has 0 aromatic heterocycles. The molecule has 0 saturated heterocycles. The minimum absolute atomic E-state index is 0.0183. The second-order valence-corrected chi connectivity index (χ2v) is 22.5. The maximum atomic E-state index is 14.7. The topological polar surface area (TPSA) is 118 Å². The van der Waals surface area contributed by atoms with E-state index in [0.29, 0.717) is 59.8 Å². The molecule has 13 heteroatoms. The molecule has 0 spiro atoms. The minimum atomic E-state index is -0.849. The summed E-state index contributed by atoms with van der Waals surface area (Å²) >= 11 is 0. The van der Waals surface area contributed by atoms with Crippen LogP contribution in [-0.4, -0.2) is 161 Å². The number of likely N-dealkylation sites (N-methyl/N-ethyl adjacent to an activating group) is 2. The number of methoxy groups -OCH3 is 2. The Labute approximate surface area is 440 Å². The molecule has 0 aliphatic heterocycles. The molecule has 5 aliphatic carbocycles. The smallest absolute Gasteiger partial charge is 0.253 e. The number of amides is 3. The highest BCUT2D eigenvalue weighted by molar-refractivity contribution is 6.04. The summed E-state index contributed by atoms with van der Waals surface area (Å²) < 4.78 is 11.9. The number of nitrogens with zero attached hydrogens (tertiary/aromatic N) is 6. The molecule has 2 aromatic rings. The number of rotatable bonds is 30. The Balaban J connectivity index is 1.11. The predicted molar refractivity (Wildman–Crippen MR) is 296 cm³/mol. The van der Waals surface area contributed by atoms with Crippen molar-refractivity contribution in [2.24, 2.45) is 29.6 Å². The van der Waals surface area contributed by atoms with Gasteiger partial charge in [-0.3, -0.25) is 24.1 Å². The van der Waals surface area contributed by atoms with Gasteiger partial charge in [-0.2, -0.15) is 0 Å². The molecule has 404 valence electrons. The summed E-state index contributed by atoms with van der Waals surface area (Å²) in [6.45, 7) is 23.6. The van der Waals surface area contributed by atoms with Gasteiger partial charge in [0.15, 0.2) is 5.78 Å². The molecule has 0 heterocycles. The molecule has 73 heavy (non-hydrogen) atoms. The SMILES string of the molecule is C=C(/C=C(/c1c(OC)cccc1OC)N(C)c1ccc(C(=O)N(C)CCCN(C)CCCN(C)C(=O)CN(CCC)CCN(CC)CCC)cc1C(C)C)C(=O)NC1(C(=O)C2CCC2)C2CC3CC(C2)CC1C3. The lowest BCUT2D eigenvalue weighted by molar-refractivity contribution is -0.155. The number of anilines is 1. The maximum Gasteiger partial charge on any atom is 0.253 e. The van der Waals surface area contributed by atoms with Gasteiger partial charge in [-0.1, -0.05) is 53.7 Å². The van der Waals surface area contributed by atoms with Gasteiger partial charge in [-0.15, -0.1) is 0 Å². The fourth-order valence-electron chi connectivity index (χ4n) is 12.8. The van der Waals surface area contributed by atoms with Crippen LogP contribution in [0, 0.1) is 29.6 Å². The van der Waals surface area contributed by atoms with Crippen LogP contribution in [0.15, 0.2) is 54.6 Å². The van der Waals surface area contributed by atoms with Crippen molar-refractivity contribution in [3.05, 3.63) is 71.3 Å². The monoisotopic (exact) mass is 1010 g/mol. The average molecular weight is 1010 g/mol. The van der Waals surface area contributed by atoms with Crippen molar-refractivity contribution in [3.63, 3.8) is 0 Å². The summed E-state index contributed by atoms with van der Waals surface area (Å²) in [6.07, 6.45) is 13.8. The lowest BCUT2D eigenvalue weighted by Gasteiger charge is -2.61. The van der Waals surface area contributed by atoms with Crippen molar-refractivity contribution in [3.8, 4) is 11.5 Å². The van der Waals surface area contributed by atoms with Crippen LogP contribution in [-0.2, 0) is 14.4 Å². The van der Waals surface area contributed by atoms with Crippen molar-refractivity contribution < 1.29 is 28.7 Å². The Hall–Kier alpha value is -4.72. The first kappa shape index (κ1) is 57.6. The first-order valence-corrected chi connectivity index (χ1v) is 28.0. The summed E-state index contributed by atoms with van der Waals surface area (Å²) in [5.41, 5.74) is 3.12. The van der Waals surface area contributed by atoms with E-state index in [1.54, 1.807) is 25.2 Å². The van der Waals surface area contributed by atoms with E-state index >= 15 is 0 Å².